The number of likely N-dealkylation sites (tertiary alicyclic amines) is 1. The van der Waals surface area contributed by atoms with Crippen LogP contribution in [0.15, 0.2) is 72.3 Å². The molecule has 1 N–H and O–H groups in total. The predicted octanol–water partition coefficient (Wildman–Crippen LogP) is 5.37. The maximum atomic E-state index is 13.4. The predicted molar refractivity (Wildman–Crippen MR) is 121 cm³/mol. The Kier molecular flexibility index (Phi) is 5.66. The van der Waals surface area contributed by atoms with Crippen LogP contribution in [0.25, 0.3) is 5.76 Å². The molecule has 5 heteroatoms. The molecule has 3 aromatic carbocycles. The Balaban J connectivity index is 1.87. The van der Waals surface area contributed by atoms with Gasteiger partial charge in [-0.25, -0.2) is 4.39 Å². The number of aliphatic hydroxyl groups excluding tert-OH is 1. The fourth-order valence-electron chi connectivity index (χ4n) is 4.06. The van der Waals surface area contributed by atoms with Crippen LogP contribution in [0.3, 0.4) is 0 Å². The van der Waals surface area contributed by atoms with Gasteiger partial charge in [0.25, 0.3) is 11.7 Å². The van der Waals surface area contributed by atoms with Gasteiger partial charge in [0.15, 0.2) is 0 Å². The van der Waals surface area contributed by atoms with Gasteiger partial charge in [0.1, 0.15) is 11.6 Å². The fourth-order valence-corrected chi connectivity index (χ4v) is 4.06. The summed E-state index contributed by atoms with van der Waals surface area (Å²) in [5.74, 6) is -1.99. The number of carbonyl (C=O) groups excluding carboxylic acids is 2. The van der Waals surface area contributed by atoms with Crippen molar-refractivity contribution in [2.75, 3.05) is 0 Å². The number of halogens is 1. The summed E-state index contributed by atoms with van der Waals surface area (Å²) >= 11 is 0. The second kappa shape index (κ2) is 8.42. The molecule has 0 aliphatic carbocycles. The second-order valence-corrected chi connectivity index (χ2v) is 8.27. The summed E-state index contributed by atoms with van der Waals surface area (Å²) in [6, 6.07) is 18.0. The SMILES string of the molecule is Cc1cccc(C2/C(=C(/O)c3ccc(C)c(C)c3)C(=O)C(=O)N2Cc2ccc(F)cc2)c1. The maximum absolute atomic E-state index is 13.4. The van der Waals surface area contributed by atoms with E-state index < -0.39 is 17.7 Å². The third kappa shape index (κ3) is 3.94. The van der Waals surface area contributed by atoms with Crippen LogP contribution in [0.4, 0.5) is 4.39 Å². The van der Waals surface area contributed by atoms with Crippen molar-refractivity contribution in [3.05, 3.63) is 112 Å². The number of rotatable bonds is 4. The van der Waals surface area contributed by atoms with E-state index in [4.69, 9.17) is 0 Å². The average molecular weight is 429 g/mol. The number of aryl methyl sites for hydroxylation is 3. The number of hydrogen-bond donors (Lipinski definition) is 1. The highest BCUT2D eigenvalue weighted by Gasteiger charge is 2.46. The first-order valence-electron chi connectivity index (χ1n) is 10.4. The topological polar surface area (TPSA) is 57.6 Å². The van der Waals surface area contributed by atoms with Crippen molar-refractivity contribution in [3.8, 4) is 0 Å². The lowest BCUT2D eigenvalue weighted by Gasteiger charge is -2.26. The van der Waals surface area contributed by atoms with Crippen LogP contribution in [0.5, 0.6) is 0 Å². The molecule has 0 aromatic heterocycles. The molecule has 1 aliphatic heterocycles. The van der Waals surface area contributed by atoms with E-state index in [0.717, 1.165) is 22.3 Å². The minimum absolute atomic E-state index is 0.0611. The third-order valence-corrected chi connectivity index (χ3v) is 5.94. The van der Waals surface area contributed by atoms with Gasteiger partial charge >= 0.3 is 0 Å². The zero-order valence-electron chi connectivity index (χ0n) is 18.2. The van der Waals surface area contributed by atoms with Gasteiger partial charge in [0.2, 0.25) is 0 Å². The van der Waals surface area contributed by atoms with E-state index in [1.807, 2.05) is 57.2 Å². The monoisotopic (exact) mass is 429 g/mol. The molecule has 1 amide bonds. The highest BCUT2D eigenvalue weighted by atomic mass is 19.1. The number of carbonyl (C=O) groups is 2. The van der Waals surface area contributed by atoms with Gasteiger partial charge in [-0.3, -0.25) is 9.59 Å². The summed E-state index contributed by atoms with van der Waals surface area (Å²) in [7, 11) is 0. The molecular formula is C27H24FNO3. The third-order valence-electron chi connectivity index (χ3n) is 5.94. The molecule has 1 fully saturated rings. The van der Waals surface area contributed by atoms with E-state index in [9.17, 15) is 19.1 Å². The summed E-state index contributed by atoms with van der Waals surface area (Å²) in [5, 5.41) is 11.2. The minimum atomic E-state index is -0.749. The number of benzene rings is 3. The van der Waals surface area contributed by atoms with Crippen LogP contribution in [0, 0.1) is 26.6 Å². The van der Waals surface area contributed by atoms with Gasteiger partial charge < -0.3 is 10.0 Å². The van der Waals surface area contributed by atoms with E-state index in [2.05, 4.69) is 0 Å². The van der Waals surface area contributed by atoms with E-state index in [1.54, 1.807) is 18.2 Å². The number of ketones is 1. The normalized spacial score (nSPS) is 17.8. The van der Waals surface area contributed by atoms with E-state index in [0.29, 0.717) is 11.1 Å². The molecule has 0 radical (unpaired) electrons. The molecular weight excluding hydrogens is 405 g/mol. The van der Waals surface area contributed by atoms with Crippen LogP contribution in [0.1, 0.15) is 39.4 Å². The summed E-state index contributed by atoms with van der Waals surface area (Å²) in [6.45, 7) is 5.94. The lowest BCUT2D eigenvalue weighted by atomic mass is 9.93. The summed E-state index contributed by atoms with van der Waals surface area (Å²) in [6.07, 6.45) is 0. The van der Waals surface area contributed by atoms with Crippen LogP contribution in [0.2, 0.25) is 0 Å². The molecule has 32 heavy (non-hydrogen) atoms. The zero-order valence-corrected chi connectivity index (χ0v) is 18.2. The number of Topliss-reactive ketones (excluding diaryl/α,β-unsaturated/α-hetero) is 1. The summed E-state index contributed by atoms with van der Waals surface area (Å²) < 4.78 is 13.4. The van der Waals surface area contributed by atoms with Crippen molar-refractivity contribution < 1.29 is 19.1 Å². The minimum Gasteiger partial charge on any atom is -0.507 e. The van der Waals surface area contributed by atoms with Crippen molar-refractivity contribution in [3.63, 3.8) is 0 Å². The van der Waals surface area contributed by atoms with Gasteiger partial charge in [-0.1, -0.05) is 54.1 Å². The first-order valence-corrected chi connectivity index (χ1v) is 10.4. The Labute approximate surface area is 186 Å². The summed E-state index contributed by atoms with van der Waals surface area (Å²) in [5.41, 5.74) is 4.99. The number of nitrogens with zero attached hydrogens (tertiary/aromatic N) is 1. The molecule has 0 bridgehead atoms. The fraction of sp³-hybridized carbons (Fsp3) is 0.185. The quantitative estimate of drug-likeness (QED) is 0.344. The van der Waals surface area contributed by atoms with E-state index in [1.165, 1.54) is 17.0 Å². The molecule has 1 heterocycles. The molecule has 162 valence electrons. The van der Waals surface area contributed by atoms with Crippen LogP contribution < -0.4 is 0 Å². The Morgan fingerprint density at radius 1 is 0.938 bits per heavy atom. The number of hydrogen-bond acceptors (Lipinski definition) is 3. The average Bonchev–Trinajstić information content (AvgIpc) is 3.01. The van der Waals surface area contributed by atoms with Gasteiger partial charge in [0.05, 0.1) is 11.6 Å². The standard InChI is InChI=1S/C27H24FNO3/c1-16-5-4-6-20(13-16)24-23(25(30)21-10-7-17(2)18(3)14-21)26(31)27(32)29(24)15-19-8-11-22(28)12-9-19/h4-14,24,30H,15H2,1-3H3/b25-23-. The molecule has 3 aromatic rings. The highest BCUT2D eigenvalue weighted by Crippen LogP contribution is 2.40. The Bertz CT molecular complexity index is 1240. The Morgan fingerprint density at radius 2 is 1.66 bits per heavy atom. The molecule has 1 atom stereocenters. The molecule has 0 saturated carbocycles. The number of amides is 1. The molecule has 1 unspecified atom stereocenters. The largest absolute Gasteiger partial charge is 0.507 e. The molecule has 1 saturated heterocycles. The van der Waals surface area contributed by atoms with Crippen molar-refractivity contribution in [2.45, 2.75) is 33.4 Å². The van der Waals surface area contributed by atoms with Gasteiger partial charge in [0, 0.05) is 12.1 Å². The van der Waals surface area contributed by atoms with Gasteiger partial charge in [-0.05, 0) is 61.2 Å². The lowest BCUT2D eigenvalue weighted by Crippen LogP contribution is -2.29. The molecule has 4 nitrogen and oxygen atoms in total. The van der Waals surface area contributed by atoms with Gasteiger partial charge in [-0.2, -0.15) is 0 Å². The maximum Gasteiger partial charge on any atom is 0.295 e. The molecule has 4 rings (SSSR count). The van der Waals surface area contributed by atoms with E-state index in [-0.39, 0.29) is 23.7 Å². The Hall–Kier alpha value is -3.73. The summed E-state index contributed by atoms with van der Waals surface area (Å²) in [4.78, 5) is 27.6. The van der Waals surface area contributed by atoms with Crippen LogP contribution >= 0.6 is 0 Å². The van der Waals surface area contributed by atoms with Crippen molar-refractivity contribution in [1.82, 2.24) is 4.90 Å². The second-order valence-electron chi connectivity index (χ2n) is 8.27. The zero-order chi connectivity index (χ0) is 23.0. The number of aliphatic hydroxyl groups is 1. The Morgan fingerprint density at radius 3 is 2.31 bits per heavy atom. The molecule has 1 aliphatic rings. The van der Waals surface area contributed by atoms with Crippen molar-refractivity contribution in [1.29, 1.82) is 0 Å². The molecule has 0 spiro atoms. The first-order chi connectivity index (χ1) is 15.3. The smallest absolute Gasteiger partial charge is 0.295 e. The highest BCUT2D eigenvalue weighted by molar-refractivity contribution is 6.46. The first kappa shape index (κ1) is 21.5. The lowest BCUT2D eigenvalue weighted by molar-refractivity contribution is -0.140. The van der Waals surface area contributed by atoms with Crippen molar-refractivity contribution in [2.24, 2.45) is 0 Å². The van der Waals surface area contributed by atoms with Crippen molar-refractivity contribution >= 4 is 17.4 Å². The van der Waals surface area contributed by atoms with Crippen LogP contribution in [-0.4, -0.2) is 21.7 Å². The van der Waals surface area contributed by atoms with Gasteiger partial charge in [-0.15, -0.1) is 0 Å². The van der Waals surface area contributed by atoms with E-state index >= 15 is 0 Å². The van der Waals surface area contributed by atoms with Crippen LogP contribution in [-0.2, 0) is 16.1 Å².